The second-order valence-corrected chi connectivity index (χ2v) is 5.77. The third kappa shape index (κ3) is 3.32. The second kappa shape index (κ2) is 6.28. The van der Waals surface area contributed by atoms with E-state index in [9.17, 15) is 4.79 Å². The van der Waals surface area contributed by atoms with Crippen molar-refractivity contribution in [3.8, 4) is 0 Å². The molecule has 0 radical (unpaired) electrons. The van der Waals surface area contributed by atoms with E-state index in [1.54, 1.807) is 16.9 Å². The number of carbonyl (C=O) groups excluding carboxylic acids is 1. The fourth-order valence-corrected chi connectivity index (χ4v) is 2.57. The van der Waals surface area contributed by atoms with Crippen molar-refractivity contribution in [2.75, 3.05) is 20.6 Å². The lowest BCUT2D eigenvalue weighted by Gasteiger charge is -2.22. The predicted molar refractivity (Wildman–Crippen MR) is 80.6 cm³/mol. The molecule has 0 aliphatic heterocycles. The maximum absolute atomic E-state index is 12.2. The van der Waals surface area contributed by atoms with E-state index in [4.69, 9.17) is 4.42 Å². The lowest BCUT2D eigenvalue weighted by atomic mass is 10.2. The van der Waals surface area contributed by atoms with Gasteiger partial charge in [-0.3, -0.25) is 9.69 Å². The average Bonchev–Trinajstić information content (AvgIpc) is 2.99. The maximum Gasteiger partial charge on any atom is 0.268 e. The summed E-state index contributed by atoms with van der Waals surface area (Å²) in [4.78, 5) is 14.2. The van der Waals surface area contributed by atoms with Gasteiger partial charge in [-0.15, -0.1) is 0 Å². The Labute approximate surface area is 126 Å². The maximum atomic E-state index is 12.2. The van der Waals surface area contributed by atoms with E-state index >= 15 is 0 Å². The van der Waals surface area contributed by atoms with E-state index in [1.807, 2.05) is 44.4 Å². The predicted octanol–water partition coefficient (Wildman–Crippen LogP) is 2.41. The molecule has 2 rings (SSSR count). The minimum absolute atomic E-state index is 0.0117. The number of aromatic nitrogens is 1. The van der Waals surface area contributed by atoms with Gasteiger partial charge >= 0.3 is 0 Å². The summed E-state index contributed by atoms with van der Waals surface area (Å²) in [6.45, 7) is 0.488. The zero-order valence-electron chi connectivity index (χ0n) is 11.8. The largest absolute Gasteiger partial charge is 0.468 e. The van der Waals surface area contributed by atoms with Gasteiger partial charge in [0.2, 0.25) is 0 Å². The van der Waals surface area contributed by atoms with Gasteiger partial charge < -0.3 is 14.3 Å². The summed E-state index contributed by atoms with van der Waals surface area (Å²) in [6, 6.07) is 5.57. The first kappa shape index (κ1) is 14.9. The second-order valence-electron chi connectivity index (χ2n) is 4.86. The molecule has 2 aromatic rings. The van der Waals surface area contributed by atoms with Crippen LogP contribution in [0.3, 0.4) is 0 Å². The monoisotopic (exact) mass is 339 g/mol. The molecule has 1 unspecified atom stereocenters. The zero-order chi connectivity index (χ0) is 14.7. The van der Waals surface area contributed by atoms with Gasteiger partial charge in [0.25, 0.3) is 5.91 Å². The number of likely N-dealkylation sites (N-methyl/N-ethyl adjacent to an activating group) is 1. The molecule has 0 spiro atoms. The van der Waals surface area contributed by atoms with Crippen LogP contribution in [-0.2, 0) is 7.05 Å². The summed E-state index contributed by atoms with van der Waals surface area (Å²) in [5.74, 6) is 0.736. The van der Waals surface area contributed by atoms with Crippen molar-refractivity contribution < 1.29 is 9.21 Å². The Hall–Kier alpha value is -1.53. The van der Waals surface area contributed by atoms with Crippen molar-refractivity contribution in [2.45, 2.75) is 6.04 Å². The van der Waals surface area contributed by atoms with Crippen LogP contribution in [-0.4, -0.2) is 36.0 Å². The van der Waals surface area contributed by atoms with Crippen LogP contribution < -0.4 is 5.32 Å². The van der Waals surface area contributed by atoms with Gasteiger partial charge in [-0.25, -0.2) is 0 Å². The quantitative estimate of drug-likeness (QED) is 0.909. The molecule has 0 bridgehead atoms. The third-order valence-corrected chi connectivity index (χ3v) is 3.59. The Kier molecular flexibility index (Phi) is 4.67. The molecular formula is C14H18BrN3O2. The summed E-state index contributed by atoms with van der Waals surface area (Å²) >= 11 is 3.36. The molecule has 0 saturated heterocycles. The molecule has 1 atom stereocenters. The number of nitrogens with zero attached hydrogens (tertiary/aromatic N) is 2. The molecule has 0 aliphatic rings. The highest BCUT2D eigenvalue weighted by atomic mass is 79.9. The number of halogens is 1. The summed E-state index contributed by atoms with van der Waals surface area (Å²) in [5, 5.41) is 2.94. The van der Waals surface area contributed by atoms with Crippen LogP contribution in [0.15, 0.2) is 39.5 Å². The van der Waals surface area contributed by atoms with E-state index in [1.165, 1.54) is 0 Å². The molecule has 20 heavy (non-hydrogen) atoms. The lowest BCUT2D eigenvalue weighted by molar-refractivity contribution is 0.0931. The van der Waals surface area contributed by atoms with Crippen molar-refractivity contribution in [3.63, 3.8) is 0 Å². The Morgan fingerprint density at radius 1 is 1.55 bits per heavy atom. The number of aryl methyl sites for hydroxylation is 1. The highest BCUT2D eigenvalue weighted by molar-refractivity contribution is 9.10. The minimum Gasteiger partial charge on any atom is -0.468 e. The van der Waals surface area contributed by atoms with Crippen LogP contribution in [0.4, 0.5) is 0 Å². The van der Waals surface area contributed by atoms with E-state index < -0.39 is 0 Å². The molecule has 0 saturated carbocycles. The summed E-state index contributed by atoms with van der Waals surface area (Å²) in [5.41, 5.74) is 0.619. The van der Waals surface area contributed by atoms with Crippen molar-refractivity contribution in [1.82, 2.24) is 14.8 Å². The Morgan fingerprint density at radius 2 is 2.30 bits per heavy atom. The number of nitrogens with one attached hydrogen (secondary N) is 1. The van der Waals surface area contributed by atoms with Gasteiger partial charge in [0, 0.05) is 24.3 Å². The van der Waals surface area contributed by atoms with Crippen LogP contribution in [0.5, 0.6) is 0 Å². The highest BCUT2D eigenvalue weighted by Crippen LogP contribution is 2.18. The lowest BCUT2D eigenvalue weighted by Crippen LogP contribution is -2.35. The number of hydrogen-bond donors (Lipinski definition) is 1. The van der Waals surface area contributed by atoms with Crippen molar-refractivity contribution >= 4 is 21.8 Å². The standard InChI is InChI=1S/C14H18BrN3O2/c1-17(2)12(13-5-4-6-20-13)8-16-14(19)11-7-10(15)9-18(11)3/h4-7,9,12H,8H2,1-3H3,(H,16,19). The van der Waals surface area contributed by atoms with Gasteiger partial charge in [-0.1, -0.05) is 0 Å². The highest BCUT2D eigenvalue weighted by Gasteiger charge is 2.19. The smallest absolute Gasteiger partial charge is 0.268 e. The SMILES string of the molecule is CN(C)C(CNC(=O)c1cc(Br)cn1C)c1ccco1. The van der Waals surface area contributed by atoms with Crippen molar-refractivity contribution in [3.05, 3.63) is 46.6 Å². The molecule has 5 nitrogen and oxygen atoms in total. The number of carbonyl (C=O) groups is 1. The Morgan fingerprint density at radius 3 is 2.80 bits per heavy atom. The van der Waals surface area contributed by atoms with E-state index in [2.05, 4.69) is 21.2 Å². The summed E-state index contributed by atoms with van der Waals surface area (Å²) in [7, 11) is 5.76. The van der Waals surface area contributed by atoms with Gasteiger partial charge in [0.15, 0.2) is 0 Å². The first-order valence-corrected chi connectivity index (χ1v) is 7.08. The number of rotatable bonds is 5. The third-order valence-electron chi connectivity index (χ3n) is 3.16. The topological polar surface area (TPSA) is 50.4 Å². The van der Waals surface area contributed by atoms with Gasteiger partial charge in [0.1, 0.15) is 11.5 Å². The summed E-state index contributed by atoms with van der Waals surface area (Å²) < 4.78 is 8.09. The molecule has 1 amide bonds. The Bertz CT molecular complexity index is 575. The molecule has 0 aromatic carbocycles. The normalized spacial score (nSPS) is 12.7. The number of amides is 1. The zero-order valence-corrected chi connectivity index (χ0v) is 13.3. The first-order chi connectivity index (χ1) is 9.49. The fraction of sp³-hybridized carbons (Fsp3) is 0.357. The molecule has 0 fully saturated rings. The van der Waals surface area contributed by atoms with Crippen LogP contribution >= 0.6 is 15.9 Å². The van der Waals surface area contributed by atoms with E-state index in [0.717, 1.165) is 10.2 Å². The fourth-order valence-electron chi connectivity index (χ4n) is 2.05. The minimum atomic E-state index is -0.100. The number of hydrogen-bond acceptors (Lipinski definition) is 3. The Balaban J connectivity index is 2.03. The van der Waals surface area contributed by atoms with Crippen molar-refractivity contribution in [1.29, 1.82) is 0 Å². The van der Waals surface area contributed by atoms with Crippen molar-refractivity contribution in [2.24, 2.45) is 7.05 Å². The molecular weight excluding hydrogens is 322 g/mol. The van der Waals surface area contributed by atoms with Crippen LogP contribution in [0.1, 0.15) is 22.3 Å². The van der Waals surface area contributed by atoms with Gasteiger partial charge in [0.05, 0.1) is 12.3 Å². The first-order valence-electron chi connectivity index (χ1n) is 6.29. The van der Waals surface area contributed by atoms with Gasteiger partial charge in [-0.2, -0.15) is 0 Å². The van der Waals surface area contributed by atoms with Crippen LogP contribution in [0.25, 0.3) is 0 Å². The summed E-state index contributed by atoms with van der Waals surface area (Å²) in [6.07, 6.45) is 3.49. The van der Waals surface area contributed by atoms with E-state index in [0.29, 0.717) is 12.2 Å². The van der Waals surface area contributed by atoms with Gasteiger partial charge in [-0.05, 0) is 48.2 Å². The molecule has 0 aliphatic carbocycles. The molecule has 1 N–H and O–H groups in total. The van der Waals surface area contributed by atoms with Crippen LogP contribution in [0, 0.1) is 0 Å². The molecule has 108 valence electrons. The molecule has 2 heterocycles. The van der Waals surface area contributed by atoms with E-state index in [-0.39, 0.29) is 11.9 Å². The van der Waals surface area contributed by atoms with Crippen LogP contribution in [0.2, 0.25) is 0 Å². The molecule has 2 aromatic heterocycles. The average molecular weight is 340 g/mol. The molecule has 6 heteroatoms. The number of furan rings is 1.